The highest BCUT2D eigenvalue weighted by molar-refractivity contribution is 6.02. The fourth-order valence-corrected chi connectivity index (χ4v) is 2.90. The Kier molecular flexibility index (Phi) is 5.05. The first-order valence-electron chi connectivity index (χ1n) is 7.49. The van der Waals surface area contributed by atoms with Crippen LogP contribution in [0.1, 0.15) is 35.7 Å². The van der Waals surface area contributed by atoms with Crippen LogP contribution < -0.4 is 0 Å². The van der Waals surface area contributed by atoms with E-state index >= 15 is 0 Å². The van der Waals surface area contributed by atoms with Crippen LogP contribution in [-0.4, -0.2) is 47.4 Å². The molecule has 0 aliphatic carbocycles. The number of nitro groups is 1. The number of esters is 2. The van der Waals surface area contributed by atoms with Gasteiger partial charge in [-0.25, -0.2) is 4.79 Å². The molecule has 9 nitrogen and oxygen atoms in total. The van der Waals surface area contributed by atoms with E-state index in [0.717, 1.165) is 0 Å². The van der Waals surface area contributed by atoms with E-state index in [2.05, 4.69) is 4.74 Å². The van der Waals surface area contributed by atoms with Gasteiger partial charge in [-0.05, 0) is 19.4 Å². The van der Waals surface area contributed by atoms with Crippen molar-refractivity contribution >= 4 is 23.5 Å². The van der Waals surface area contributed by atoms with Gasteiger partial charge in [0, 0.05) is 12.5 Å². The number of carbonyl (C=O) groups excluding carboxylic acids is 3. The zero-order valence-corrected chi connectivity index (χ0v) is 14.1. The van der Waals surface area contributed by atoms with Gasteiger partial charge >= 0.3 is 11.9 Å². The van der Waals surface area contributed by atoms with Crippen LogP contribution in [0.4, 0.5) is 5.69 Å². The summed E-state index contributed by atoms with van der Waals surface area (Å²) in [6.07, 6.45) is -0.135. The number of fused-ring (bicyclic) bond motifs is 1. The molecule has 1 aliphatic rings. The molecule has 25 heavy (non-hydrogen) atoms. The van der Waals surface area contributed by atoms with Crippen molar-refractivity contribution < 1.29 is 28.8 Å². The summed E-state index contributed by atoms with van der Waals surface area (Å²) in [5, 5.41) is 11.2. The third-order valence-corrected chi connectivity index (χ3v) is 4.40. The molecular formula is C16H18N2O7. The van der Waals surface area contributed by atoms with Crippen molar-refractivity contribution in [1.29, 1.82) is 0 Å². The maximum absolute atomic E-state index is 12.7. The average Bonchev–Trinajstić information content (AvgIpc) is 2.95. The number of hydrogen-bond acceptors (Lipinski definition) is 7. The Morgan fingerprint density at radius 1 is 1.32 bits per heavy atom. The Balaban J connectivity index is 2.41. The van der Waals surface area contributed by atoms with Crippen molar-refractivity contribution in [3.8, 4) is 0 Å². The summed E-state index contributed by atoms with van der Waals surface area (Å²) < 4.78 is 9.38. The lowest BCUT2D eigenvalue weighted by Gasteiger charge is -2.35. The molecule has 1 unspecified atom stereocenters. The minimum atomic E-state index is -1.45. The first-order valence-corrected chi connectivity index (χ1v) is 7.49. The SMILES string of the molecule is COC(=O)CCC(C)(C(=O)OC)N1Cc2c(cccc2[N+](=O)[O-])C1=O. The summed E-state index contributed by atoms with van der Waals surface area (Å²) in [5.41, 5.74) is -1.23. The summed E-state index contributed by atoms with van der Waals surface area (Å²) in [5.74, 6) is -1.76. The summed E-state index contributed by atoms with van der Waals surface area (Å²) in [6, 6.07) is 4.20. The topological polar surface area (TPSA) is 116 Å². The Bertz CT molecular complexity index is 746. The molecule has 0 bridgehead atoms. The van der Waals surface area contributed by atoms with Gasteiger partial charge in [0.05, 0.1) is 36.8 Å². The van der Waals surface area contributed by atoms with Gasteiger partial charge in [-0.1, -0.05) is 6.07 Å². The number of methoxy groups -OCH3 is 2. The fourth-order valence-electron chi connectivity index (χ4n) is 2.90. The van der Waals surface area contributed by atoms with Crippen LogP contribution in [0.3, 0.4) is 0 Å². The zero-order chi connectivity index (χ0) is 18.8. The van der Waals surface area contributed by atoms with Crippen LogP contribution in [0.15, 0.2) is 18.2 Å². The molecule has 1 aliphatic heterocycles. The maximum Gasteiger partial charge on any atom is 0.331 e. The quantitative estimate of drug-likeness (QED) is 0.433. The number of hydrogen-bond donors (Lipinski definition) is 0. The van der Waals surface area contributed by atoms with Crippen molar-refractivity contribution in [1.82, 2.24) is 4.90 Å². The van der Waals surface area contributed by atoms with Gasteiger partial charge in [0.1, 0.15) is 5.54 Å². The summed E-state index contributed by atoms with van der Waals surface area (Å²) >= 11 is 0. The van der Waals surface area contributed by atoms with Gasteiger partial charge in [-0.2, -0.15) is 0 Å². The number of nitro benzene ring substituents is 1. The molecule has 1 atom stereocenters. The molecule has 1 aromatic carbocycles. The van der Waals surface area contributed by atoms with E-state index in [1.807, 2.05) is 0 Å². The maximum atomic E-state index is 12.7. The van der Waals surface area contributed by atoms with Gasteiger partial charge in [0.25, 0.3) is 11.6 Å². The summed E-state index contributed by atoms with van der Waals surface area (Å²) in [4.78, 5) is 48.4. The third kappa shape index (κ3) is 3.17. The number of ether oxygens (including phenoxy) is 2. The first kappa shape index (κ1) is 18.4. The van der Waals surface area contributed by atoms with Crippen LogP contribution in [0.25, 0.3) is 0 Å². The normalized spacial score (nSPS) is 15.3. The molecule has 2 rings (SSSR count). The molecule has 0 spiro atoms. The second-order valence-corrected chi connectivity index (χ2v) is 5.79. The van der Waals surface area contributed by atoms with Gasteiger partial charge in [-0.3, -0.25) is 19.7 Å². The number of nitrogens with zero attached hydrogens (tertiary/aromatic N) is 2. The van der Waals surface area contributed by atoms with Crippen LogP contribution >= 0.6 is 0 Å². The Labute approximate surface area is 143 Å². The highest BCUT2D eigenvalue weighted by Gasteiger charge is 2.48. The standard InChI is InChI=1S/C16H18N2O7/c1-16(15(21)25-3,8-7-13(19)24-2)17-9-11-10(14(17)20)5-4-6-12(11)18(22)23/h4-6H,7-9H2,1-3H3. The highest BCUT2D eigenvalue weighted by Crippen LogP contribution is 2.37. The molecule has 0 fully saturated rings. The van der Waals surface area contributed by atoms with Crippen molar-refractivity contribution in [2.24, 2.45) is 0 Å². The van der Waals surface area contributed by atoms with Crippen molar-refractivity contribution in [3.05, 3.63) is 39.4 Å². The molecule has 1 heterocycles. The van der Waals surface area contributed by atoms with E-state index < -0.39 is 28.3 Å². The average molecular weight is 350 g/mol. The number of amides is 1. The van der Waals surface area contributed by atoms with Crippen molar-refractivity contribution in [2.75, 3.05) is 14.2 Å². The lowest BCUT2D eigenvalue weighted by atomic mass is 9.93. The molecule has 1 amide bonds. The van der Waals surface area contributed by atoms with Gasteiger partial charge < -0.3 is 14.4 Å². The first-order chi connectivity index (χ1) is 11.8. The van der Waals surface area contributed by atoms with Crippen LogP contribution in [0.5, 0.6) is 0 Å². The monoisotopic (exact) mass is 350 g/mol. The van der Waals surface area contributed by atoms with E-state index in [-0.39, 0.29) is 36.2 Å². The van der Waals surface area contributed by atoms with E-state index in [1.54, 1.807) is 0 Å². The molecule has 0 radical (unpaired) electrons. The van der Waals surface area contributed by atoms with Gasteiger partial charge in [0.15, 0.2) is 0 Å². The number of benzene rings is 1. The number of carbonyl (C=O) groups is 3. The Morgan fingerprint density at radius 2 is 2.00 bits per heavy atom. The molecule has 0 N–H and O–H groups in total. The highest BCUT2D eigenvalue weighted by atomic mass is 16.6. The lowest BCUT2D eigenvalue weighted by molar-refractivity contribution is -0.385. The van der Waals surface area contributed by atoms with E-state index in [9.17, 15) is 24.5 Å². The fraction of sp³-hybridized carbons (Fsp3) is 0.438. The molecule has 9 heteroatoms. The molecule has 134 valence electrons. The molecule has 0 saturated carbocycles. The van der Waals surface area contributed by atoms with E-state index in [4.69, 9.17) is 4.74 Å². The summed E-state index contributed by atoms with van der Waals surface area (Å²) in [7, 11) is 2.40. The van der Waals surface area contributed by atoms with Gasteiger partial charge in [0.2, 0.25) is 0 Å². The Morgan fingerprint density at radius 3 is 2.56 bits per heavy atom. The third-order valence-electron chi connectivity index (χ3n) is 4.40. The largest absolute Gasteiger partial charge is 0.469 e. The predicted octanol–water partition coefficient (Wildman–Crippen LogP) is 1.44. The van der Waals surface area contributed by atoms with E-state index in [1.165, 1.54) is 44.2 Å². The predicted molar refractivity (Wildman–Crippen MR) is 84.6 cm³/mol. The zero-order valence-electron chi connectivity index (χ0n) is 14.1. The molecule has 1 aromatic rings. The van der Waals surface area contributed by atoms with Crippen molar-refractivity contribution in [2.45, 2.75) is 31.8 Å². The second kappa shape index (κ2) is 6.88. The van der Waals surface area contributed by atoms with E-state index in [0.29, 0.717) is 0 Å². The number of rotatable bonds is 6. The minimum Gasteiger partial charge on any atom is -0.469 e. The smallest absolute Gasteiger partial charge is 0.331 e. The summed E-state index contributed by atoms with van der Waals surface area (Å²) in [6.45, 7) is 1.36. The second-order valence-electron chi connectivity index (χ2n) is 5.79. The van der Waals surface area contributed by atoms with Gasteiger partial charge in [-0.15, -0.1) is 0 Å². The van der Waals surface area contributed by atoms with Crippen LogP contribution in [0, 0.1) is 10.1 Å². The lowest BCUT2D eigenvalue weighted by Crippen LogP contribution is -2.53. The Hall–Kier alpha value is -2.97. The molecular weight excluding hydrogens is 332 g/mol. The minimum absolute atomic E-state index is 0.0279. The van der Waals surface area contributed by atoms with Crippen LogP contribution in [0.2, 0.25) is 0 Å². The molecule has 0 saturated heterocycles. The van der Waals surface area contributed by atoms with Crippen molar-refractivity contribution in [3.63, 3.8) is 0 Å². The molecule has 0 aromatic heterocycles. The van der Waals surface area contributed by atoms with Crippen LogP contribution in [-0.2, 0) is 25.6 Å².